The van der Waals surface area contributed by atoms with Crippen LogP contribution in [0.15, 0.2) is 65.6 Å². The van der Waals surface area contributed by atoms with Crippen LogP contribution in [0.25, 0.3) is 10.8 Å². The highest BCUT2D eigenvalue weighted by molar-refractivity contribution is 7.92. The van der Waals surface area contributed by atoms with E-state index in [0.29, 0.717) is 21.9 Å². The molecule has 3 aromatic rings. The van der Waals surface area contributed by atoms with Gasteiger partial charge in [-0.2, -0.15) is 5.26 Å². The zero-order chi connectivity index (χ0) is 17.3. The molecular formula is C19H14ClNO2S. The Kier molecular flexibility index (Phi) is 4.31. The van der Waals surface area contributed by atoms with E-state index in [0.717, 1.165) is 5.56 Å². The molecule has 3 aromatic carbocycles. The zero-order valence-electron chi connectivity index (χ0n) is 12.9. The lowest BCUT2D eigenvalue weighted by molar-refractivity contribution is 0.594. The highest BCUT2D eigenvalue weighted by atomic mass is 35.5. The van der Waals surface area contributed by atoms with Gasteiger partial charge in [0, 0.05) is 0 Å². The quantitative estimate of drug-likeness (QED) is 0.638. The minimum Gasteiger partial charge on any atom is -0.222 e. The van der Waals surface area contributed by atoms with Crippen LogP contribution in [0.2, 0.25) is 0 Å². The number of alkyl halides is 1. The average Bonchev–Trinajstić information content (AvgIpc) is 2.60. The minimum absolute atomic E-state index is 0.182. The van der Waals surface area contributed by atoms with E-state index in [1.807, 2.05) is 13.0 Å². The van der Waals surface area contributed by atoms with Gasteiger partial charge in [0.1, 0.15) is 0 Å². The number of hydrogen-bond donors (Lipinski definition) is 0. The normalized spacial score (nSPS) is 12.7. The summed E-state index contributed by atoms with van der Waals surface area (Å²) in [4.78, 5) is 0.182. The van der Waals surface area contributed by atoms with Gasteiger partial charge in [0.05, 0.1) is 16.5 Å². The van der Waals surface area contributed by atoms with E-state index < -0.39 is 14.5 Å². The smallest absolute Gasteiger partial charge is 0.199 e. The van der Waals surface area contributed by atoms with Gasteiger partial charge in [-0.1, -0.05) is 59.6 Å². The maximum atomic E-state index is 12.8. The molecule has 0 heterocycles. The van der Waals surface area contributed by atoms with Gasteiger partial charge in [0.25, 0.3) is 0 Å². The molecule has 5 heteroatoms. The van der Waals surface area contributed by atoms with E-state index in [9.17, 15) is 13.7 Å². The third-order valence-corrected chi connectivity index (χ3v) is 6.61. The number of sulfone groups is 1. The Labute approximate surface area is 146 Å². The first-order chi connectivity index (χ1) is 11.4. The van der Waals surface area contributed by atoms with E-state index in [-0.39, 0.29) is 4.90 Å². The summed E-state index contributed by atoms with van der Waals surface area (Å²) in [7, 11) is -3.74. The molecule has 0 radical (unpaired) electrons. The predicted molar refractivity (Wildman–Crippen MR) is 95.6 cm³/mol. The average molecular weight is 356 g/mol. The van der Waals surface area contributed by atoms with Gasteiger partial charge in [-0.3, -0.25) is 0 Å². The van der Waals surface area contributed by atoms with Gasteiger partial charge in [-0.25, -0.2) is 8.42 Å². The monoisotopic (exact) mass is 355 g/mol. The third kappa shape index (κ3) is 2.77. The molecule has 3 nitrogen and oxygen atoms in total. The van der Waals surface area contributed by atoms with Crippen molar-refractivity contribution < 1.29 is 8.42 Å². The molecule has 0 aliphatic carbocycles. The Morgan fingerprint density at radius 3 is 2.21 bits per heavy atom. The van der Waals surface area contributed by atoms with Crippen LogP contribution in [0.3, 0.4) is 0 Å². The van der Waals surface area contributed by atoms with Crippen molar-refractivity contribution in [1.82, 2.24) is 0 Å². The van der Waals surface area contributed by atoms with Crippen LogP contribution < -0.4 is 0 Å². The van der Waals surface area contributed by atoms with Crippen LogP contribution in [0.4, 0.5) is 0 Å². The number of aryl methyl sites for hydroxylation is 1. The van der Waals surface area contributed by atoms with E-state index in [1.54, 1.807) is 54.6 Å². The van der Waals surface area contributed by atoms with Crippen molar-refractivity contribution in [1.29, 1.82) is 5.26 Å². The second kappa shape index (κ2) is 6.27. The summed E-state index contributed by atoms with van der Waals surface area (Å²) >= 11 is 6.38. The fourth-order valence-corrected chi connectivity index (χ4v) is 4.43. The van der Waals surface area contributed by atoms with Gasteiger partial charge in [-0.15, -0.1) is 0 Å². The predicted octanol–water partition coefficient (Wildman–Crippen LogP) is 4.73. The Balaban J connectivity index is 2.17. The number of fused-ring (bicyclic) bond motifs is 1. The van der Waals surface area contributed by atoms with Crippen LogP contribution in [0, 0.1) is 18.3 Å². The van der Waals surface area contributed by atoms with Crippen molar-refractivity contribution in [3.8, 4) is 6.07 Å². The van der Waals surface area contributed by atoms with E-state index in [4.69, 9.17) is 11.6 Å². The molecule has 0 spiro atoms. The fourth-order valence-electron chi connectivity index (χ4n) is 2.63. The summed E-state index contributed by atoms with van der Waals surface area (Å²) in [6.45, 7) is 1.89. The second-order valence-electron chi connectivity index (χ2n) is 5.53. The number of hydrogen-bond acceptors (Lipinski definition) is 3. The molecule has 24 heavy (non-hydrogen) atoms. The number of benzene rings is 3. The second-order valence-corrected chi connectivity index (χ2v) is 8.26. The first-order valence-corrected chi connectivity index (χ1v) is 9.30. The Hall–Kier alpha value is -2.35. The standard InChI is InChI=1S/C19H14ClNO2S/c1-13-6-9-15(10-7-13)24(22,23)19(20)18-11-8-14(12-21)16-4-2-3-5-17(16)18/h2-11,19H,1H3. The van der Waals surface area contributed by atoms with Gasteiger partial charge < -0.3 is 0 Å². The van der Waals surface area contributed by atoms with E-state index >= 15 is 0 Å². The third-order valence-electron chi connectivity index (χ3n) is 3.94. The van der Waals surface area contributed by atoms with E-state index in [1.165, 1.54) is 0 Å². The van der Waals surface area contributed by atoms with Gasteiger partial charge >= 0.3 is 0 Å². The van der Waals surface area contributed by atoms with Crippen molar-refractivity contribution in [2.24, 2.45) is 0 Å². The molecule has 0 bridgehead atoms. The van der Waals surface area contributed by atoms with Crippen molar-refractivity contribution in [3.63, 3.8) is 0 Å². The lowest BCUT2D eigenvalue weighted by atomic mass is 10.0. The van der Waals surface area contributed by atoms with Gasteiger partial charge in [0.2, 0.25) is 0 Å². The molecule has 0 fully saturated rings. The largest absolute Gasteiger partial charge is 0.222 e. The summed E-state index contributed by atoms with van der Waals surface area (Å²) < 4.78 is 24.5. The SMILES string of the molecule is Cc1ccc(S(=O)(=O)C(Cl)c2ccc(C#N)c3ccccc23)cc1. The zero-order valence-corrected chi connectivity index (χ0v) is 14.5. The molecule has 3 rings (SSSR count). The molecule has 0 aromatic heterocycles. The molecule has 1 atom stereocenters. The number of nitrogens with zero attached hydrogens (tertiary/aromatic N) is 1. The van der Waals surface area contributed by atoms with Crippen LogP contribution in [0.5, 0.6) is 0 Å². The minimum atomic E-state index is -3.74. The lowest BCUT2D eigenvalue weighted by Gasteiger charge is -2.15. The van der Waals surface area contributed by atoms with Crippen molar-refractivity contribution in [2.45, 2.75) is 16.5 Å². The first-order valence-electron chi connectivity index (χ1n) is 7.31. The number of nitriles is 1. The van der Waals surface area contributed by atoms with Crippen molar-refractivity contribution >= 4 is 32.2 Å². The molecule has 0 aliphatic rings. The summed E-state index contributed by atoms with van der Waals surface area (Å²) in [5, 5.41) is 10.6. The summed E-state index contributed by atoms with van der Waals surface area (Å²) in [5.74, 6) is 0. The molecule has 0 saturated heterocycles. The van der Waals surface area contributed by atoms with Crippen LogP contribution >= 0.6 is 11.6 Å². The summed E-state index contributed by atoms with van der Waals surface area (Å²) in [6, 6.07) is 19.1. The van der Waals surface area contributed by atoms with Crippen LogP contribution in [0.1, 0.15) is 21.4 Å². The van der Waals surface area contributed by atoms with Crippen molar-refractivity contribution in [2.75, 3.05) is 0 Å². The molecule has 1 unspecified atom stereocenters. The Morgan fingerprint density at radius 2 is 1.58 bits per heavy atom. The lowest BCUT2D eigenvalue weighted by Crippen LogP contribution is -2.09. The van der Waals surface area contributed by atoms with Gasteiger partial charge in [-0.05, 0) is 41.5 Å². The highest BCUT2D eigenvalue weighted by Gasteiger charge is 2.28. The summed E-state index contributed by atoms with van der Waals surface area (Å²) in [6.07, 6.45) is 0. The maximum absolute atomic E-state index is 12.8. The molecule has 0 aliphatic heterocycles. The van der Waals surface area contributed by atoms with Crippen LogP contribution in [-0.2, 0) is 9.84 Å². The highest BCUT2D eigenvalue weighted by Crippen LogP contribution is 2.37. The molecular weight excluding hydrogens is 342 g/mol. The van der Waals surface area contributed by atoms with E-state index in [2.05, 4.69) is 6.07 Å². The number of halogens is 1. The molecule has 120 valence electrons. The van der Waals surface area contributed by atoms with Crippen molar-refractivity contribution in [3.05, 3.63) is 77.4 Å². The van der Waals surface area contributed by atoms with Gasteiger partial charge in [0.15, 0.2) is 14.5 Å². The summed E-state index contributed by atoms with van der Waals surface area (Å²) in [5.41, 5.74) is 1.95. The molecule has 0 N–H and O–H groups in total. The number of rotatable bonds is 3. The Bertz CT molecular complexity index is 1050. The molecule has 0 amide bonds. The van der Waals surface area contributed by atoms with Crippen LogP contribution in [-0.4, -0.2) is 8.42 Å². The maximum Gasteiger partial charge on any atom is 0.199 e. The topological polar surface area (TPSA) is 57.9 Å². The Morgan fingerprint density at radius 1 is 0.958 bits per heavy atom. The fraction of sp³-hybridized carbons (Fsp3) is 0.105. The first kappa shape index (κ1) is 16.5. The molecule has 0 saturated carbocycles.